The molecule has 1 aliphatic rings. The first-order valence-electron chi connectivity index (χ1n) is 5.62. The van der Waals surface area contributed by atoms with Gasteiger partial charge in [0.05, 0.1) is 0 Å². The van der Waals surface area contributed by atoms with Gasteiger partial charge in [0.15, 0.2) is 0 Å². The van der Waals surface area contributed by atoms with Crippen molar-refractivity contribution in [2.45, 2.75) is 37.4 Å². The lowest BCUT2D eigenvalue weighted by atomic mass is 9.82. The fourth-order valence-corrected chi connectivity index (χ4v) is 3.90. The zero-order chi connectivity index (χ0) is 11.8. The highest BCUT2D eigenvalue weighted by molar-refractivity contribution is 9.09. The second-order valence-corrected chi connectivity index (χ2v) is 6.65. The fourth-order valence-electron chi connectivity index (χ4n) is 2.52. The van der Waals surface area contributed by atoms with Crippen LogP contribution in [-0.2, 0) is 0 Å². The van der Waals surface area contributed by atoms with Gasteiger partial charge in [-0.05, 0) is 42.0 Å². The van der Waals surface area contributed by atoms with Gasteiger partial charge >= 0.3 is 0 Å². The summed E-state index contributed by atoms with van der Waals surface area (Å²) in [4.78, 5) is 0.300. The van der Waals surface area contributed by atoms with Gasteiger partial charge in [-0.15, -0.1) is 0 Å². The number of benzene rings is 1. The van der Waals surface area contributed by atoms with Crippen LogP contribution >= 0.6 is 39.1 Å². The lowest BCUT2D eigenvalue weighted by molar-refractivity contribution is 0.331. The molecule has 1 aromatic carbocycles. The van der Waals surface area contributed by atoms with Crippen LogP contribution in [0.15, 0.2) is 18.2 Å². The molecule has 0 nitrogen and oxygen atoms in total. The molecule has 0 N–H and O–H groups in total. The standard InChI is InChI=1S/C13H15BrCl2/c1-13(6-2-3-7-13)12(14)10-8-9(15)4-5-11(10)16/h4-5,8,12H,2-3,6-7H2,1H3. The van der Waals surface area contributed by atoms with E-state index in [-0.39, 0.29) is 0 Å². The highest BCUT2D eigenvalue weighted by Gasteiger charge is 2.37. The molecule has 3 heteroatoms. The predicted molar refractivity (Wildman–Crippen MR) is 74.7 cm³/mol. The van der Waals surface area contributed by atoms with Gasteiger partial charge < -0.3 is 0 Å². The van der Waals surface area contributed by atoms with Crippen molar-refractivity contribution < 1.29 is 0 Å². The lowest BCUT2D eigenvalue weighted by Crippen LogP contribution is -2.17. The molecule has 0 aliphatic heterocycles. The molecule has 0 heterocycles. The van der Waals surface area contributed by atoms with Gasteiger partial charge in [0.1, 0.15) is 0 Å². The van der Waals surface area contributed by atoms with Crippen molar-refractivity contribution in [2.24, 2.45) is 5.41 Å². The molecule has 1 aliphatic carbocycles. The zero-order valence-corrected chi connectivity index (χ0v) is 12.4. The van der Waals surface area contributed by atoms with Crippen molar-refractivity contribution in [3.8, 4) is 0 Å². The van der Waals surface area contributed by atoms with Gasteiger partial charge in [-0.3, -0.25) is 0 Å². The minimum absolute atomic E-state index is 0.300. The van der Waals surface area contributed by atoms with Crippen LogP contribution in [0.3, 0.4) is 0 Å². The smallest absolute Gasteiger partial charge is 0.0464 e. The molecule has 0 spiro atoms. The minimum Gasteiger partial charge on any atom is -0.0843 e. The Bertz CT molecular complexity index is 384. The molecule has 0 amide bonds. The van der Waals surface area contributed by atoms with Gasteiger partial charge in [0.2, 0.25) is 0 Å². The van der Waals surface area contributed by atoms with Crippen LogP contribution in [0.5, 0.6) is 0 Å². The van der Waals surface area contributed by atoms with E-state index in [9.17, 15) is 0 Å². The highest BCUT2D eigenvalue weighted by Crippen LogP contribution is 2.53. The monoisotopic (exact) mass is 320 g/mol. The van der Waals surface area contributed by atoms with Crippen molar-refractivity contribution in [1.29, 1.82) is 0 Å². The summed E-state index contributed by atoms with van der Waals surface area (Å²) in [5, 5.41) is 1.56. The maximum atomic E-state index is 6.24. The Morgan fingerprint density at radius 1 is 1.25 bits per heavy atom. The predicted octanol–water partition coefficient (Wildman–Crippen LogP) is 6.01. The highest BCUT2D eigenvalue weighted by atomic mass is 79.9. The molecule has 88 valence electrons. The number of rotatable bonds is 2. The molecule has 1 atom stereocenters. The summed E-state index contributed by atoms with van der Waals surface area (Å²) in [5.41, 5.74) is 1.44. The van der Waals surface area contributed by atoms with Gasteiger partial charge in [0, 0.05) is 14.9 Å². The van der Waals surface area contributed by atoms with Crippen LogP contribution in [0, 0.1) is 5.41 Å². The van der Waals surface area contributed by atoms with Crippen molar-refractivity contribution >= 4 is 39.1 Å². The molecule has 0 saturated heterocycles. The topological polar surface area (TPSA) is 0 Å². The number of alkyl halides is 1. The van der Waals surface area contributed by atoms with E-state index >= 15 is 0 Å². The van der Waals surface area contributed by atoms with E-state index in [1.165, 1.54) is 25.7 Å². The Hall–Kier alpha value is 0.280. The summed E-state index contributed by atoms with van der Waals surface area (Å²) in [6, 6.07) is 5.70. The van der Waals surface area contributed by atoms with Crippen molar-refractivity contribution in [2.75, 3.05) is 0 Å². The summed E-state index contributed by atoms with van der Waals surface area (Å²) in [6.45, 7) is 2.33. The normalized spacial score (nSPS) is 21.0. The van der Waals surface area contributed by atoms with E-state index in [0.717, 1.165) is 15.6 Å². The quantitative estimate of drug-likeness (QED) is 0.585. The van der Waals surface area contributed by atoms with Crippen molar-refractivity contribution in [1.82, 2.24) is 0 Å². The number of halogens is 3. The van der Waals surface area contributed by atoms with E-state index in [0.29, 0.717) is 10.2 Å². The molecule has 2 rings (SSSR count). The van der Waals surface area contributed by atoms with Crippen LogP contribution in [-0.4, -0.2) is 0 Å². The molecular formula is C13H15BrCl2. The average Bonchev–Trinajstić information content (AvgIpc) is 2.69. The third-order valence-electron chi connectivity index (χ3n) is 3.59. The first kappa shape index (κ1) is 12.7. The van der Waals surface area contributed by atoms with Crippen LogP contribution < -0.4 is 0 Å². The summed E-state index contributed by atoms with van der Waals surface area (Å²) >= 11 is 16.1. The molecule has 1 saturated carbocycles. The van der Waals surface area contributed by atoms with Crippen molar-refractivity contribution in [3.63, 3.8) is 0 Å². The van der Waals surface area contributed by atoms with Crippen LogP contribution in [0.1, 0.15) is 43.0 Å². The van der Waals surface area contributed by atoms with Crippen LogP contribution in [0.2, 0.25) is 10.0 Å². The third kappa shape index (κ3) is 2.42. The number of hydrogen-bond donors (Lipinski definition) is 0. The van der Waals surface area contributed by atoms with Gasteiger partial charge in [-0.2, -0.15) is 0 Å². The first-order valence-corrected chi connectivity index (χ1v) is 7.29. The largest absolute Gasteiger partial charge is 0.0843 e. The minimum atomic E-state index is 0.300. The maximum Gasteiger partial charge on any atom is 0.0464 e. The molecular weight excluding hydrogens is 307 g/mol. The Kier molecular flexibility index (Phi) is 3.88. The Balaban J connectivity index is 2.32. The molecule has 16 heavy (non-hydrogen) atoms. The molecule has 1 fully saturated rings. The van der Waals surface area contributed by atoms with Gasteiger partial charge in [-0.1, -0.05) is 58.9 Å². The Labute approximate surface area is 115 Å². The molecule has 1 aromatic rings. The van der Waals surface area contributed by atoms with Gasteiger partial charge in [-0.25, -0.2) is 0 Å². The Morgan fingerprint density at radius 2 is 1.88 bits per heavy atom. The van der Waals surface area contributed by atoms with E-state index in [1.807, 2.05) is 18.2 Å². The fraction of sp³-hybridized carbons (Fsp3) is 0.538. The summed E-state index contributed by atoms with van der Waals surface area (Å²) in [5.74, 6) is 0. The first-order chi connectivity index (χ1) is 7.53. The summed E-state index contributed by atoms with van der Waals surface area (Å²) in [7, 11) is 0. The van der Waals surface area contributed by atoms with Crippen molar-refractivity contribution in [3.05, 3.63) is 33.8 Å². The lowest BCUT2D eigenvalue weighted by Gasteiger charge is -2.30. The van der Waals surface area contributed by atoms with Crippen LogP contribution in [0.25, 0.3) is 0 Å². The summed E-state index contributed by atoms with van der Waals surface area (Å²) < 4.78 is 0. The SMILES string of the molecule is CC1(C(Br)c2cc(Cl)ccc2Cl)CCCC1. The third-order valence-corrected chi connectivity index (χ3v) is 5.77. The van der Waals surface area contributed by atoms with E-state index < -0.39 is 0 Å². The molecule has 0 radical (unpaired) electrons. The van der Waals surface area contributed by atoms with E-state index in [4.69, 9.17) is 23.2 Å². The molecule has 0 aromatic heterocycles. The number of hydrogen-bond acceptors (Lipinski definition) is 0. The second-order valence-electron chi connectivity index (χ2n) is 4.89. The summed E-state index contributed by atoms with van der Waals surface area (Å²) in [6.07, 6.45) is 5.14. The Morgan fingerprint density at radius 3 is 2.50 bits per heavy atom. The van der Waals surface area contributed by atoms with Gasteiger partial charge in [0.25, 0.3) is 0 Å². The molecule has 1 unspecified atom stereocenters. The second kappa shape index (κ2) is 4.88. The maximum absolute atomic E-state index is 6.24. The van der Waals surface area contributed by atoms with E-state index in [1.54, 1.807) is 0 Å². The average molecular weight is 322 g/mol. The zero-order valence-electron chi connectivity index (χ0n) is 9.27. The molecule has 0 bridgehead atoms. The van der Waals surface area contributed by atoms with Crippen LogP contribution in [0.4, 0.5) is 0 Å². The van der Waals surface area contributed by atoms with E-state index in [2.05, 4.69) is 22.9 Å².